The summed E-state index contributed by atoms with van der Waals surface area (Å²) in [5, 5.41) is 0. The molecule has 0 aromatic heterocycles. The maximum Gasteiger partial charge on any atom is -0.0266 e. The Morgan fingerprint density at radius 2 is 1.75 bits per heavy atom. The van der Waals surface area contributed by atoms with Crippen LogP contribution in [0, 0.1) is 35.0 Å². The summed E-state index contributed by atoms with van der Waals surface area (Å²) in [5.74, 6) is 4.95. The number of rotatable bonds is 1. The monoisotopic (exact) mass is 166 g/mol. The van der Waals surface area contributed by atoms with Crippen molar-refractivity contribution >= 4 is 0 Å². The van der Waals surface area contributed by atoms with Crippen LogP contribution in [0.4, 0.5) is 0 Å². The van der Waals surface area contributed by atoms with Gasteiger partial charge in [0, 0.05) is 0 Å². The van der Waals surface area contributed by atoms with E-state index in [1.54, 1.807) is 0 Å². The molecule has 5 unspecified atom stereocenters. The van der Waals surface area contributed by atoms with Crippen molar-refractivity contribution < 1.29 is 0 Å². The van der Waals surface area contributed by atoms with Crippen LogP contribution in [0.15, 0.2) is 0 Å². The SMILES string of the molecule is CC(C)C1C2CC(C)(C2C)C1C. The molecule has 12 heavy (non-hydrogen) atoms. The maximum atomic E-state index is 2.50. The van der Waals surface area contributed by atoms with Gasteiger partial charge in [-0.25, -0.2) is 0 Å². The molecule has 3 aliphatic rings. The summed E-state index contributed by atoms with van der Waals surface area (Å²) in [7, 11) is 0. The quantitative estimate of drug-likeness (QED) is 0.558. The lowest BCUT2D eigenvalue weighted by Gasteiger charge is -2.45. The van der Waals surface area contributed by atoms with E-state index in [0.717, 1.165) is 29.6 Å². The van der Waals surface area contributed by atoms with Gasteiger partial charge in [0.15, 0.2) is 0 Å². The molecular weight excluding hydrogens is 144 g/mol. The summed E-state index contributed by atoms with van der Waals surface area (Å²) in [6.07, 6.45) is 1.51. The Morgan fingerprint density at radius 1 is 1.17 bits per heavy atom. The highest BCUT2D eigenvalue weighted by Crippen LogP contribution is 2.69. The summed E-state index contributed by atoms with van der Waals surface area (Å²) < 4.78 is 0. The third kappa shape index (κ3) is 0.744. The van der Waals surface area contributed by atoms with Crippen molar-refractivity contribution in [3.63, 3.8) is 0 Å². The van der Waals surface area contributed by atoms with Crippen molar-refractivity contribution in [1.82, 2.24) is 0 Å². The molecule has 0 N–H and O–H groups in total. The molecule has 0 radical (unpaired) electrons. The Morgan fingerprint density at radius 3 is 1.92 bits per heavy atom. The van der Waals surface area contributed by atoms with Crippen LogP contribution in [0.1, 0.15) is 41.0 Å². The number of hydrogen-bond acceptors (Lipinski definition) is 0. The molecule has 0 spiro atoms. The van der Waals surface area contributed by atoms with E-state index in [1.807, 2.05) is 0 Å². The smallest absolute Gasteiger partial charge is 0.0266 e. The van der Waals surface area contributed by atoms with Crippen LogP contribution in [-0.4, -0.2) is 0 Å². The van der Waals surface area contributed by atoms with E-state index in [4.69, 9.17) is 0 Å². The van der Waals surface area contributed by atoms with Gasteiger partial charge >= 0.3 is 0 Å². The predicted molar refractivity (Wildman–Crippen MR) is 52.9 cm³/mol. The topological polar surface area (TPSA) is 0 Å². The second-order valence-electron chi connectivity index (χ2n) is 5.77. The zero-order chi connectivity index (χ0) is 9.09. The van der Waals surface area contributed by atoms with Crippen LogP contribution < -0.4 is 0 Å². The van der Waals surface area contributed by atoms with Crippen molar-refractivity contribution in [3.05, 3.63) is 0 Å². The Hall–Kier alpha value is 0. The zero-order valence-electron chi connectivity index (χ0n) is 9.09. The van der Waals surface area contributed by atoms with Gasteiger partial charge in [-0.2, -0.15) is 0 Å². The standard InChI is InChI=1S/C12H22/c1-7(2)11-9(4)12(5)6-10(11)8(12)3/h7-11H,6H2,1-5H3. The highest BCUT2D eigenvalue weighted by molar-refractivity contribution is 5.11. The molecule has 0 aromatic rings. The summed E-state index contributed by atoms with van der Waals surface area (Å²) in [6, 6.07) is 0. The van der Waals surface area contributed by atoms with Gasteiger partial charge in [0.05, 0.1) is 0 Å². The van der Waals surface area contributed by atoms with E-state index >= 15 is 0 Å². The molecule has 0 heterocycles. The average molecular weight is 166 g/mol. The summed E-state index contributed by atoms with van der Waals surface area (Å²) in [4.78, 5) is 0. The van der Waals surface area contributed by atoms with Crippen LogP contribution in [0.2, 0.25) is 0 Å². The van der Waals surface area contributed by atoms with Crippen LogP contribution in [0.25, 0.3) is 0 Å². The average Bonchev–Trinajstić information content (AvgIpc) is 2.35. The minimum atomic E-state index is 0.708. The summed E-state index contributed by atoms with van der Waals surface area (Å²) in [6.45, 7) is 12.2. The van der Waals surface area contributed by atoms with E-state index < -0.39 is 0 Å². The fourth-order valence-corrected chi connectivity index (χ4v) is 4.15. The van der Waals surface area contributed by atoms with Gasteiger partial charge in [-0.1, -0.05) is 34.6 Å². The third-order valence-electron chi connectivity index (χ3n) is 5.24. The van der Waals surface area contributed by atoms with Crippen LogP contribution in [-0.2, 0) is 0 Å². The summed E-state index contributed by atoms with van der Waals surface area (Å²) in [5.41, 5.74) is 0.708. The fourth-order valence-electron chi connectivity index (χ4n) is 4.15. The second-order valence-corrected chi connectivity index (χ2v) is 5.77. The minimum absolute atomic E-state index is 0.708. The normalized spacial score (nSPS) is 57.5. The van der Waals surface area contributed by atoms with Gasteiger partial charge in [0.2, 0.25) is 0 Å². The number of fused-ring (bicyclic) bond motifs is 1. The molecule has 0 saturated heterocycles. The Kier molecular flexibility index (Phi) is 1.63. The first-order valence-corrected chi connectivity index (χ1v) is 5.48. The highest BCUT2D eigenvalue weighted by Gasteiger charge is 2.63. The molecule has 0 amide bonds. The van der Waals surface area contributed by atoms with Crippen molar-refractivity contribution in [2.24, 2.45) is 35.0 Å². The van der Waals surface area contributed by atoms with E-state index in [-0.39, 0.29) is 0 Å². The lowest BCUT2D eigenvalue weighted by atomic mass is 9.60. The van der Waals surface area contributed by atoms with E-state index in [2.05, 4.69) is 34.6 Å². The molecule has 0 aliphatic heterocycles. The lowest BCUT2D eigenvalue weighted by molar-refractivity contribution is 0.0404. The van der Waals surface area contributed by atoms with E-state index in [9.17, 15) is 0 Å². The molecular formula is C12H22. The van der Waals surface area contributed by atoms with Crippen LogP contribution in [0.3, 0.4) is 0 Å². The van der Waals surface area contributed by atoms with Gasteiger partial charge in [-0.15, -0.1) is 0 Å². The largest absolute Gasteiger partial charge is 0.0625 e. The molecule has 5 atom stereocenters. The highest BCUT2D eigenvalue weighted by atomic mass is 14.7. The Bertz CT molecular complexity index is 194. The Labute approximate surface area is 76.7 Å². The van der Waals surface area contributed by atoms with Gasteiger partial charge in [0.25, 0.3) is 0 Å². The van der Waals surface area contributed by atoms with Gasteiger partial charge < -0.3 is 0 Å². The summed E-state index contributed by atoms with van der Waals surface area (Å²) >= 11 is 0. The molecule has 3 aliphatic carbocycles. The lowest BCUT2D eigenvalue weighted by Crippen LogP contribution is -2.37. The first kappa shape index (κ1) is 8.59. The Balaban J connectivity index is 2.22. The van der Waals surface area contributed by atoms with Crippen LogP contribution >= 0.6 is 0 Å². The molecule has 70 valence electrons. The van der Waals surface area contributed by atoms with Gasteiger partial charge in [0.1, 0.15) is 0 Å². The first-order valence-electron chi connectivity index (χ1n) is 5.48. The van der Waals surface area contributed by atoms with Crippen molar-refractivity contribution in [2.45, 2.75) is 41.0 Å². The van der Waals surface area contributed by atoms with Crippen molar-refractivity contribution in [1.29, 1.82) is 0 Å². The molecule has 0 aromatic carbocycles. The predicted octanol–water partition coefficient (Wildman–Crippen LogP) is 3.57. The fraction of sp³-hybridized carbons (Fsp3) is 1.00. The molecule has 3 fully saturated rings. The van der Waals surface area contributed by atoms with E-state index in [1.165, 1.54) is 6.42 Å². The molecule has 0 heteroatoms. The zero-order valence-corrected chi connectivity index (χ0v) is 9.09. The first-order chi connectivity index (χ1) is 5.48. The van der Waals surface area contributed by atoms with E-state index in [0.29, 0.717) is 5.41 Å². The molecule has 3 saturated carbocycles. The van der Waals surface area contributed by atoms with Crippen molar-refractivity contribution in [3.8, 4) is 0 Å². The van der Waals surface area contributed by atoms with Crippen LogP contribution in [0.5, 0.6) is 0 Å². The van der Waals surface area contributed by atoms with Gasteiger partial charge in [-0.3, -0.25) is 0 Å². The second kappa shape index (κ2) is 2.27. The number of hydrogen-bond donors (Lipinski definition) is 0. The molecule has 2 bridgehead atoms. The van der Waals surface area contributed by atoms with Crippen molar-refractivity contribution in [2.75, 3.05) is 0 Å². The van der Waals surface area contributed by atoms with Gasteiger partial charge in [-0.05, 0) is 41.4 Å². The maximum absolute atomic E-state index is 2.50. The molecule has 0 nitrogen and oxygen atoms in total. The molecule has 3 rings (SSSR count). The third-order valence-corrected chi connectivity index (χ3v) is 5.24. The minimum Gasteiger partial charge on any atom is -0.0625 e.